The average molecular weight is 235 g/mol. The Balaban J connectivity index is 1.72. The van der Waals surface area contributed by atoms with Crippen LogP contribution in [-0.4, -0.2) is 27.7 Å². The van der Waals surface area contributed by atoms with E-state index in [1.54, 1.807) is 6.07 Å². The minimum Gasteiger partial charge on any atom is -0.391 e. The highest BCUT2D eigenvalue weighted by Gasteiger charge is 2.29. The first kappa shape index (κ1) is 10.5. The molecule has 0 saturated heterocycles. The van der Waals surface area contributed by atoms with Crippen molar-refractivity contribution in [3.05, 3.63) is 24.0 Å². The van der Waals surface area contributed by atoms with E-state index in [-0.39, 0.29) is 11.9 Å². The van der Waals surface area contributed by atoms with Crippen molar-refractivity contribution in [1.29, 1.82) is 0 Å². The highest BCUT2D eigenvalue weighted by Crippen LogP contribution is 2.32. The fraction of sp³-hybridized carbons (Fsp3) is 0.417. The Morgan fingerprint density at radius 1 is 1.53 bits per heavy atom. The summed E-state index contributed by atoms with van der Waals surface area (Å²) in [5, 5.41) is 12.7. The third-order valence-electron chi connectivity index (χ3n) is 3.09. The molecule has 0 aliphatic heterocycles. The normalized spacial score (nSPS) is 17.3. The number of aromatic nitrogens is 2. The molecule has 3 N–H and O–H groups in total. The van der Waals surface area contributed by atoms with Crippen LogP contribution in [0, 0.1) is 11.7 Å². The van der Waals surface area contributed by atoms with Gasteiger partial charge >= 0.3 is 0 Å². The van der Waals surface area contributed by atoms with Crippen molar-refractivity contribution < 1.29 is 9.50 Å². The fourth-order valence-corrected chi connectivity index (χ4v) is 1.91. The summed E-state index contributed by atoms with van der Waals surface area (Å²) in [6.45, 7) is 0.479. The molecule has 0 amide bonds. The van der Waals surface area contributed by atoms with Gasteiger partial charge in [-0.3, -0.25) is 0 Å². The number of fused-ring (bicyclic) bond motifs is 1. The Kier molecular flexibility index (Phi) is 2.48. The van der Waals surface area contributed by atoms with Crippen LogP contribution in [0.2, 0.25) is 0 Å². The lowest BCUT2D eigenvalue weighted by molar-refractivity contribution is 0.164. The van der Waals surface area contributed by atoms with Crippen molar-refractivity contribution in [3.8, 4) is 0 Å². The number of hydrogen-bond donors (Lipinski definition) is 3. The third-order valence-corrected chi connectivity index (χ3v) is 3.09. The van der Waals surface area contributed by atoms with Crippen LogP contribution < -0.4 is 5.32 Å². The van der Waals surface area contributed by atoms with Gasteiger partial charge in [-0.1, -0.05) is 0 Å². The first-order valence-electron chi connectivity index (χ1n) is 5.79. The van der Waals surface area contributed by atoms with Crippen LogP contribution in [0.4, 0.5) is 10.3 Å². The molecule has 1 heterocycles. The topological polar surface area (TPSA) is 60.9 Å². The number of aliphatic hydroxyl groups is 1. The molecular formula is C12H14FN3O. The van der Waals surface area contributed by atoms with Gasteiger partial charge in [0.15, 0.2) is 0 Å². The molecular weight excluding hydrogens is 221 g/mol. The maximum atomic E-state index is 13.0. The van der Waals surface area contributed by atoms with Crippen LogP contribution in [0.15, 0.2) is 18.2 Å². The number of nitrogens with zero attached hydrogens (tertiary/aromatic N) is 1. The SMILES string of the molecule is OC(CNc1nc2ccc(F)cc2[nH]1)C1CC1. The van der Waals surface area contributed by atoms with E-state index in [1.165, 1.54) is 12.1 Å². The molecule has 1 aromatic heterocycles. The first-order valence-corrected chi connectivity index (χ1v) is 5.79. The molecule has 5 heteroatoms. The van der Waals surface area contributed by atoms with Crippen molar-refractivity contribution in [2.75, 3.05) is 11.9 Å². The maximum Gasteiger partial charge on any atom is 0.201 e. The number of nitrogens with one attached hydrogen (secondary N) is 2. The van der Waals surface area contributed by atoms with E-state index < -0.39 is 0 Å². The zero-order valence-corrected chi connectivity index (χ0v) is 9.28. The summed E-state index contributed by atoms with van der Waals surface area (Å²) < 4.78 is 13.0. The van der Waals surface area contributed by atoms with E-state index in [1.807, 2.05) is 0 Å². The second kappa shape index (κ2) is 4.00. The standard InChI is InChI=1S/C12H14FN3O/c13-8-3-4-9-10(5-8)16-12(15-9)14-6-11(17)7-1-2-7/h3-5,7,11,17H,1-2,6H2,(H2,14,15,16). The smallest absolute Gasteiger partial charge is 0.201 e. The monoisotopic (exact) mass is 235 g/mol. The number of aromatic amines is 1. The molecule has 1 aliphatic rings. The Labute approximate surface area is 97.9 Å². The van der Waals surface area contributed by atoms with Crippen molar-refractivity contribution in [2.45, 2.75) is 18.9 Å². The zero-order chi connectivity index (χ0) is 11.8. The van der Waals surface area contributed by atoms with Gasteiger partial charge in [0.1, 0.15) is 5.82 Å². The van der Waals surface area contributed by atoms with E-state index >= 15 is 0 Å². The Morgan fingerprint density at radius 3 is 3.12 bits per heavy atom. The second-order valence-corrected chi connectivity index (χ2v) is 4.53. The molecule has 1 aliphatic carbocycles. The van der Waals surface area contributed by atoms with Gasteiger partial charge in [0.05, 0.1) is 17.1 Å². The summed E-state index contributed by atoms with van der Waals surface area (Å²) in [6, 6.07) is 4.42. The number of benzene rings is 1. The summed E-state index contributed by atoms with van der Waals surface area (Å²) in [6.07, 6.45) is 1.89. The highest BCUT2D eigenvalue weighted by molar-refractivity contribution is 5.77. The molecule has 1 saturated carbocycles. The van der Waals surface area contributed by atoms with Gasteiger partial charge in [-0.25, -0.2) is 9.37 Å². The quantitative estimate of drug-likeness (QED) is 0.758. The van der Waals surface area contributed by atoms with Crippen molar-refractivity contribution >= 4 is 17.0 Å². The second-order valence-electron chi connectivity index (χ2n) is 4.53. The van der Waals surface area contributed by atoms with Crippen molar-refractivity contribution in [1.82, 2.24) is 9.97 Å². The van der Waals surface area contributed by atoms with Crippen molar-refractivity contribution in [2.24, 2.45) is 5.92 Å². The van der Waals surface area contributed by atoms with Crippen LogP contribution in [0.5, 0.6) is 0 Å². The number of halogens is 1. The van der Waals surface area contributed by atoms with Gasteiger partial charge in [0.25, 0.3) is 0 Å². The minimum atomic E-state index is -0.319. The van der Waals surface area contributed by atoms with Gasteiger partial charge in [-0.05, 0) is 37.0 Å². The largest absolute Gasteiger partial charge is 0.391 e. The molecule has 90 valence electrons. The molecule has 0 bridgehead atoms. The minimum absolute atomic E-state index is 0.286. The van der Waals surface area contributed by atoms with Crippen LogP contribution in [0.3, 0.4) is 0 Å². The maximum absolute atomic E-state index is 13.0. The summed E-state index contributed by atoms with van der Waals surface area (Å²) in [5.74, 6) is 0.723. The first-order chi connectivity index (χ1) is 8.22. The van der Waals surface area contributed by atoms with Gasteiger partial charge in [-0.15, -0.1) is 0 Å². The number of rotatable bonds is 4. The Hall–Kier alpha value is -1.62. The lowest BCUT2D eigenvalue weighted by Crippen LogP contribution is -2.21. The highest BCUT2D eigenvalue weighted by atomic mass is 19.1. The molecule has 1 atom stereocenters. The molecule has 4 nitrogen and oxygen atoms in total. The summed E-state index contributed by atoms with van der Waals surface area (Å²) in [4.78, 5) is 7.24. The molecule has 2 aromatic rings. The summed E-state index contributed by atoms with van der Waals surface area (Å²) >= 11 is 0. The lowest BCUT2D eigenvalue weighted by atomic mass is 10.2. The number of anilines is 1. The van der Waals surface area contributed by atoms with E-state index in [0.29, 0.717) is 23.9 Å². The zero-order valence-electron chi connectivity index (χ0n) is 9.28. The Morgan fingerprint density at radius 2 is 2.35 bits per heavy atom. The predicted molar refractivity (Wildman–Crippen MR) is 63.3 cm³/mol. The summed E-state index contributed by atoms with van der Waals surface area (Å²) in [5.41, 5.74) is 1.38. The van der Waals surface area contributed by atoms with E-state index in [4.69, 9.17) is 0 Å². The van der Waals surface area contributed by atoms with Crippen molar-refractivity contribution in [3.63, 3.8) is 0 Å². The van der Waals surface area contributed by atoms with Crippen LogP contribution in [0.1, 0.15) is 12.8 Å². The fourth-order valence-electron chi connectivity index (χ4n) is 1.91. The number of H-pyrrole nitrogens is 1. The van der Waals surface area contributed by atoms with Crippen LogP contribution in [0.25, 0.3) is 11.0 Å². The molecule has 0 radical (unpaired) electrons. The molecule has 1 unspecified atom stereocenters. The van der Waals surface area contributed by atoms with Gasteiger partial charge < -0.3 is 15.4 Å². The Bertz CT molecular complexity index is 536. The molecule has 3 rings (SSSR count). The molecule has 1 aromatic carbocycles. The van der Waals surface area contributed by atoms with E-state index in [2.05, 4.69) is 15.3 Å². The third kappa shape index (κ3) is 2.24. The summed E-state index contributed by atoms with van der Waals surface area (Å²) in [7, 11) is 0. The molecule has 0 spiro atoms. The number of hydrogen-bond acceptors (Lipinski definition) is 3. The predicted octanol–water partition coefficient (Wildman–Crippen LogP) is 1.88. The van der Waals surface area contributed by atoms with Gasteiger partial charge in [0.2, 0.25) is 5.95 Å². The number of imidazole rings is 1. The average Bonchev–Trinajstić information content (AvgIpc) is 3.07. The van der Waals surface area contributed by atoms with Gasteiger partial charge in [0, 0.05) is 6.54 Å². The van der Waals surface area contributed by atoms with E-state index in [0.717, 1.165) is 18.4 Å². The molecule has 1 fully saturated rings. The van der Waals surface area contributed by atoms with Crippen LogP contribution >= 0.6 is 0 Å². The number of aliphatic hydroxyl groups excluding tert-OH is 1. The van der Waals surface area contributed by atoms with E-state index in [9.17, 15) is 9.50 Å². The van der Waals surface area contributed by atoms with Gasteiger partial charge in [-0.2, -0.15) is 0 Å². The molecule has 17 heavy (non-hydrogen) atoms. The lowest BCUT2D eigenvalue weighted by Gasteiger charge is -2.08. The van der Waals surface area contributed by atoms with Crippen LogP contribution in [-0.2, 0) is 0 Å².